The number of para-hydroxylation sites is 1. The predicted octanol–water partition coefficient (Wildman–Crippen LogP) is 1.73. The lowest BCUT2D eigenvalue weighted by Gasteiger charge is -2.24. The van der Waals surface area contributed by atoms with Crippen LogP contribution in [0.1, 0.15) is 18.1 Å². The van der Waals surface area contributed by atoms with Crippen molar-refractivity contribution in [3.63, 3.8) is 0 Å². The molecule has 0 spiro atoms. The number of guanidine groups is 1. The van der Waals surface area contributed by atoms with Gasteiger partial charge in [0.15, 0.2) is 5.96 Å². The second-order valence-corrected chi connectivity index (χ2v) is 6.23. The topological polar surface area (TPSA) is 97.1 Å². The Morgan fingerprint density at radius 3 is 2.54 bits per heavy atom. The molecule has 0 fully saturated rings. The Labute approximate surface area is 153 Å². The zero-order valence-electron chi connectivity index (χ0n) is 14.8. The first-order valence-electron chi connectivity index (χ1n) is 8.61. The summed E-state index contributed by atoms with van der Waals surface area (Å²) in [7, 11) is 0. The van der Waals surface area contributed by atoms with Crippen LogP contribution >= 0.6 is 0 Å². The van der Waals surface area contributed by atoms with Gasteiger partial charge in [-0.1, -0.05) is 48.5 Å². The second-order valence-electron chi connectivity index (χ2n) is 6.23. The van der Waals surface area contributed by atoms with Gasteiger partial charge >= 0.3 is 0 Å². The molecule has 1 heterocycles. The maximum absolute atomic E-state index is 13.2. The lowest BCUT2D eigenvalue weighted by Crippen LogP contribution is -2.40. The van der Waals surface area contributed by atoms with Gasteiger partial charge in [0.2, 0.25) is 0 Å². The van der Waals surface area contributed by atoms with Gasteiger partial charge in [-0.2, -0.15) is 0 Å². The molecule has 0 radical (unpaired) electrons. The van der Waals surface area contributed by atoms with Crippen molar-refractivity contribution in [3.8, 4) is 0 Å². The number of benzene rings is 2. The molecule has 0 saturated heterocycles. The summed E-state index contributed by atoms with van der Waals surface area (Å²) in [4.78, 5) is 23.7. The van der Waals surface area contributed by atoms with Gasteiger partial charge in [0.1, 0.15) is 6.04 Å². The molecule has 2 aromatic carbocycles. The predicted molar refractivity (Wildman–Crippen MR) is 106 cm³/mol. The first-order valence-corrected chi connectivity index (χ1v) is 8.61. The monoisotopic (exact) mass is 349 g/mol. The number of carbonyl (C=O) groups excluding carboxylic acids is 1. The van der Waals surface area contributed by atoms with Crippen LogP contribution in [-0.4, -0.2) is 36.7 Å². The van der Waals surface area contributed by atoms with Crippen LogP contribution in [0.3, 0.4) is 0 Å². The van der Waals surface area contributed by atoms with Crippen LogP contribution in [0.25, 0.3) is 0 Å². The number of nitrogens with zero attached hydrogens (tertiary/aromatic N) is 3. The van der Waals surface area contributed by atoms with E-state index < -0.39 is 6.04 Å². The summed E-state index contributed by atoms with van der Waals surface area (Å²) in [5.41, 5.74) is 14.6. The molecule has 3 rings (SSSR count). The fourth-order valence-corrected chi connectivity index (χ4v) is 3.15. The average Bonchev–Trinajstić information content (AvgIpc) is 2.73. The summed E-state index contributed by atoms with van der Waals surface area (Å²) in [6.07, 6.45) is 0.559. The highest BCUT2D eigenvalue weighted by molar-refractivity contribution is 6.12. The Morgan fingerprint density at radius 1 is 1.12 bits per heavy atom. The third kappa shape index (κ3) is 3.91. The van der Waals surface area contributed by atoms with E-state index in [1.807, 2.05) is 61.5 Å². The summed E-state index contributed by atoms with van der Waals surface area (Å²) in [6.45, 7) is 2.70. The highest BCUT2D eigenvalue weighted by Gasteiger charge is 2.30. The largest absolute Gasteiger partial charge is 0.370 e. The standard InChI is InChI=1S/C20H23N5O/c1-14-16-9-5-6-10-18(16)25(12-11-23-20(21)22)19(26)17(24-14)13-15-7-3-2-4-8-15/h2-10,17H,11-13H2,1H3,(H4,21,22,23). The number of rotatable bonds is 5. The number of nitrogens with two attached hydrogens (primary N) is 2. The number of aliphatic imine (C=N–C) groups is 2. The van der Waals surface area contributed by atoms with Gasteiger partial charge in [-0.3, -0.25) is 14.8 Å². The first kappa shape index (κ1) is 17.7. The van der Waals surface area contributed by atoms with Crippen LogP contribution < -0.4 is 16.4 Å². The molecular weight excluding hydrogens is 326 g/mol. The van der Waals surface area contributed by atoms with E-state index in [0.29, 0.717) is 19.5 Å². The van der Waals surface area contributed by atoms with Gasteiger partial charge in [0.05, 0.1) is 12.2 Å². The number of amides is 1. The Bertz CT molecular complexity index is 840. The maximum Gasteiger partial charge on any atom is 0.252 e. The molecular formula is C20H23N5O. The average molecular weight is 349 g/mol. The van der Waals surface area contributed by atoms with Crippen molar-refractivity contribution in [1.82, 2.24) is 0 Å². The third-order valence-corrected chi connectivity index (χ3v) is 4.38. The van der Waals surface area contributed by atoms with Crippen molar-refractivity contribution in [3.05, 3.63) is 65.7 Å². The van der Waals surface area contributed by atoms with Gasteiger partial charge in [0.25, 0.3) is 5.91 Å². The number of carbonyl (C=O) groups is 1. The number of hydrogen-bond acceptors (Lipinski definition) is 3. The minimum atomic E-state index is -0.469. The summed E-state index contributed by atoms with van der Waals surface area (Å²) >= 11 is 0. The minimum Gasteiger partial charge on any atom is -0.370 e. The van der Waals surface area contributed by atoms with Crippen LogP contribution in [0.15, 0.2) is 64.6 Å². The van der Waals surface area contributed by atoms with Gasteiger partial charge in [-0.25, -0.2) is 0 Å². The normalized spacial score (nSPS) is 16.5. The van der Waals surface area contributed by atoms with Gasteiger partial charge in [0, 0.05) is 24.2 Å². The lowest BCUT2D eigenvalue weighted by atomic mass is 10.1. The van der Waals surface area contributed by atoms with Gasteiger partial charge in [-0.05, 0) is 18.6 Å². The van der Waals surface area contributed by atoms with E-state index in [9.17, 15) is 4.79 Å². The van der Waals surface area contributed by atoms with E-state index in [1.165, 1.54) is 0 Å². The number of hydrogen-bond donors (Lipinski definition) is 2. The van der Waals surface area contributed by atoms with E-state index in [2.05, 4.69) is 4.99 Å². The highest BCUT2D eigenvalue weighted by atomic mass is 16.2. The molecule has 0 aliphatic carbocycles. The van der Waals surface area contributed by atoms with Crippen molar-refractivity contribution in [1.29, 1.82) is 0 Å². The van der Waals surface area contributed by atoms with Crippen LogP contribution in [-0.2, 0) is 11.2 Å². The lowest BCUT2D eigenvalue weighted by molar-refractivity contribution is -0.119. The minimum absolute atomic E-state index is 0.0221. The maximum atomic E-state index is 13.2. The van der Waals surface area contributed by atoms with E-state index >= 15 is 0 Å². The quantitative estimate of drug-likeness (QED) is 0.635. The molecule has 134 valence electrons. The molecule has 0 saturated carbocycles. The fraction of sp³-hybridized carbons (Fsp3) is 0.250. The number of anilines is 1. The fourth-order valence-electron chi connectivity index (χ4n) is 3.15. The summed E-state index contributed by atoms with van der Waals surface area (Å²) in [5, 5.41) is 0. The van der Waals surface area contributed by atoms with Gasteiger partial charge < -0.3 is 16.4 Å². The van der Waals surface area contributed by atoms with E-state index in [1.54, 1.807) is 4.90 Å². The molecule has 6 heteroatoms. The van der Waals surface area contributed by atoms with Gasteiger partial charge in [-0.15, -0.1) is 0 Å². The molecule has 4 N–H and O–H groups in total. The first-order chi connectivity index (χ1) is 12.6. The molecule has 1 aliphatic rings. The molecule has 1 atom stereocenters. The van der Waals surface area contributed by atoms with Crippen LogP contribution in [0.5, 0.6) is 0 Å². The molecule has 26 heavy (non-hydrogen) atoms. The Morgan fingerprint density at radius 2 is 1.81 bits per heavy atom. The number of benzodiazepines with no additional fused rings is 1. The van der Waals surface area contributed by atoms with Crippen molar-refractivity contribution >= 4 is 23.3 Å². The zero-order valence-corrected chi connectivity index (χ0v) is 14.8. The van der Waals surface area contributed by atoms with Crippen LogP contribution in [0, 0.1) is 0 Å². The summed E-state index contributed by atoms with van der Waals surface area (Å²) in [5.74, 6) is -0.0160. The Kier molecular flexibility index (Phi) is 5.31. The van der Waals surface area contributed by atoms with E-state index in [0.717, 1.165) is 22.5 Å². The Balaban J connectivity index is 1.95. The molecule has 1 aliphatic heterocycles. The van der Waals surface area contributed by atoms with Crippen molar-refractivity contribution in [2.75, 3.05) is 18.0 Å². The number of fused-ring (bicyclic) bond motifs is 1. The molecule has 1 unspecified atom stereocenters. The third-order valence-electron chi connectivity index (χ3n) is 4.38. The molecule has 2 aromatic rings. The SMILES string of the molecule is CC1=NC(Cc2ccccc2)C(=O)N(CCN=C(N)N)c2ccccc21. The molecule has 6 nitrogen and oxygen atoms in total. The summed E-state index contributed by atoms with van der Waals surface area (Å²) in [6, 6.07) is 17.3. The van der Waals surface area contributed by atoms with Crippen molar-refractivity contribution in [2.45, 2.75) is 19.4 Å². The zero-order chi connectivity index (χ0) is 18.5. The second kappa shape index (κ2) is 7.82. The van der Waals surface area contributed by atoms with Crippen molar-refractivity contribution < 1.29 is 4.79 Å². The summed E-state index contributed by atoms with van der Waals surface area (Å²) < 4.78 is 0. The Hall–Kier alpha value is -3.15. The van der Waals surface area contributed by atoms with E-state index in [-0.39, 0.29) is 11.9 Å². The van der Waals surface area contributed by atoms with Crippen molar-refractivity contribution in [2.24, 2.45) is 21.5 Å². The molecule has 0 aromatic heterocycles. The van der Waals surface area contributed by atoms with E-state index in [4.69, 9.17) is 16.5 Å². The highest BCUT2D eigenvalue weighted by Crippen LogP contribution is 2.26. The van der Waals surface area contributed by atoms with Crippen LogP contribution in [0.2, 0.25) is 0 Å². The smallest absolute Gasteiger partial charge is 0.252 e. The molecule has 0 bridgehead atoms. The van der Waals surface area contributed by atoms with Crippen LogP contribution in [0.4, 0.5) is 5.69 Å². The molecule has 1 amide bonds.